The molecule has 5 heteroatoms. The average molecular weight is 525 g/mol. The predicted molar refractivity (Wildman–Crippen MR) is 129 cm³/mol. The molecule has 0 aliphatic rings. The molecule has 0 saturated carbocycles. The zero-order chi connectivity index (χ0) is 22.6. The molecule has 1 heterocycles. The van der Waals surface area contributed by atoms with Crippen LogP contribution < -0.4 is 17.4 Å². The Kier molecular flexibility index (Phi) is 9.07. The molecule has 0 unspecified atom stereocenters. The van der Waals surface area contributed by atoms with E-state index in [0.717, 1.165) is 0 Å². The van der Waals surface area contributed by atoms with E-state index in [0.29, 0.717) is 11.3 Å². The van der Waals surface area contributed by atoms with Gasteiger partial charge in [0.15, 0.2) is 0 Å². The molecule has 0 fully saturated rings. The SMILES string of the molecule is CC(/C=C(\[O-])c1ccccc1)=N/c1ncccc1[O-].c1cc[c]([Sn+2][c]2ccccc2)cc1. The van der Waals surface area contributed by atoms with Gasteiger partial charge < -0.3 is 10.2 Å². The molecule has 1 aromatic heterocycles. The Morgan fingerprint density at radius 1 is 0.781 bits per heavy atom. The quantitative estimate of drug-likeness (QED) is 0.229. The Hall–Kier alpha value is -3.38. The molecule has 4 aromatic rings. The summed E-state index contributed by atoms with van der Waals surface area (Å²) in [7, 11) is 0. The van der Waals surface area contributed by atoms with Crippen molar-refractivity contribution in [1.82, 2.24) is 4.98 Å². The van der Waals surface area contributed by atoms with Crippen molar-refractivity contribution >= 4 is 45.6 Å². The first kappa shape index (κ1) is 23.3. The Morgan fingerprint density at radius 3 is 1.84 bits per heavy atom. The van der Waals surface area contributed by atoms with Gasteiger partial charge in [-0.2, -0.15) is 0 Å². The number of nitrogens with zero attached hydrogens (tertiary/aromatic N) is 2. The number of rotatable bonds is 5. The molecular formula is C27H22N2O2Sn. The van der Waals surface area contributed by atoms with Gasteiger partial charge in [-0.05, 0) is 24.6 Å². The van der Waals surface area contributed by atoms with Gasteiger partial charge in [0.05, 0.1) is 0 Å². The minimum atomic E-state index is -0.517. The molecule has 0 bridgehead atoms. The van der Waals surface area contributed by atoms with Gasteiger partial charge in [0.2, 0.25) is 0 Å². The van der Waals surface area contributed by atoms with Crippen LogP contribution in [0.2, 0.25) is 0 Å². The molecule has 3 aromatic carbocycles. The van der Waals surface area contributed by atoms with Crippen LogP contribution >= 0.6 is 0 Å². The number of pyridine rings is 1. The normalized spacial score (nSPS) is 11.2. The van der Waals surface area contributed by atoms with E-state index in [1.54, 1.807) is 37.3 Å². The first-order valence-electron chi connectivity index (χ1n) is 10.1. The first-order valence-corrected chi connectivity index (χ1v) is 13.0. The molecule has 0 atom stereocenters. The molecule has 0 aliphatic carbocycles. The van der Waals surface area contributed by atoms with E-state index in [4.69, 9.17) is 0 Å². The van der Waals surface area contributed by atoms with Gasteiger partial charge in [-0.3, -0.25) is 0 Å². The first-order chi connectivity index (χ1) is 15.6. The van der Waals surface area contributed by atoms with Crippen molar-refractivity contribution in [2.75, 3.05) is 0 Å². The second kappa shape index (κ2) is 12.5. The van der Waals surface area contributed by atoms with Gasteiger partial charge in [0.1, 0.15) is 5.82 Å². The van der Waals surface area contributed by atoms with Crippen LogP contribution in [0.5, 0.6) is 5.75 Å². The van der Waals surface area contributed by atoms with E-state index in [-0.39, 0.29) is 17.3 Å². The summed E-state index contributed by atoms with van der Waals surface area (Å²) >= 11 is -0.517. The minimum absolute atomic E-state index is 0.0945. The average Bonchev–Trinajstić information content (AvgIpc) is 2.83. The van der Waals surface area contributed by atoms with E-state index in [1.807, 2.05) is 6.07 Å². The van der Waals surface area contributed by atoms with E-state index in [9.17, 15) is 10.2 Å². The number of aliphatic imine (C=N–C) groups is 1. The van der Waals surface area contributed by atoms with Crippen LogP contribution in [0.3, 0.4) is 0 Å². The summed E-state index contributed by atoms with van der Waals surface area (Å²) < 4.78 is 3.08. The third-order valence-corrected chi connectivity index (χ3v) is 7.82. The van der Waals surface area contributed by atoms with Gasteiger partial charge in [-0.25, -0.2) is 9.98 Å². The van der Waals surface area contributed by atoms with Crippen molar-refractivity contribution in [2.45, 2.75) is 6.92 Å². The molecule has 32 heavy (non-hydrogen) atoms. The maximum atomic E-state index is 11.9. The molecule has 0 N–H and O–H groups in total. The number of hydrogen-bond acceptors (Lipinski definition) is 4. The van der Waals surface area contributed by atoms with E-state index >= 15 is 0 Å². The Labute approximate surface area is 198 Å². The zero-order valence-electron chi connectivity index (χ0n) is 17.7. The summed E-state index contributed by atoms with van der Waals surface area (Å²) in [6, 6.07) is 33.4. The van der Waals surface area contributed by atoms with Crippen molar-refractivity contribution in [1.29, 1.82) is 0 Å². The summed E-state index contributed by atoms with van der Waals surface area (Å²) in [4.78, 5) is 7.91. The molecule has 0 radical (unpaired) electrons. The van der Waals surface area contributed by atoms with Crippen molar-refractivity contribution in [3.8, 4) is 5.75 Å². The number of allylic oxidation sites excluding steroid dienone is 1. The van der Waals surface area contributed by atoms with Crippen molar-refractivity contribution in [2.24, 2.45) is 4.99 Å². The fourth-order valence-corrected chi connectivity index (χ4v) is 5.75. The van der Waals surface area contributed by atoms with Gasteiger partial charge >= 0.3 is 89.0 Å². The third kappa shape index (κ3) is 7.70. The van der Waals surface area contributed by atoms with Gasteiger partial charge in [0, 0.05) is 11.9 Å². The predicted octanol–water partition coefficient (Wildman–Crippen LogP) is 2.99. The fraction of sp³-hybridized carbons (Fsp3) is 0.0370. The van der Waals surface area contributed by atoms with Crippen LogP contribution in [0.15, 0.2) is 120 Å². The second-order valence-electron chi connectivity index (χ2n) is 6.81. The van der Waals surface area contributed by atoms with Crippen molar-refractivity contribution in [3.63, 3.8) is 0 Å². The van der Waals surface area contributed by atoms with Crippen LogP contribution in [-0.4, -0.2) is 31.8 Å². The van der Waals surface area contributed by atoms with Gasteiger partial charge in [-0.1, -0.05) is 47.9 Å². The maximum absolute atomic E-state index is 11.9. The Bertz CT molecular complexity index is 1120. The van der Waals surface area contributed by atoms with E-state index in [2.05, 4.69) is 70.6 Å². The molecular weight excluding hydrogens is 503 g/mol. The topological polar surface area (TPSA) is 71.4 Å². The van der Waals surface area contributed by atoms with Gasteiger partial charge in [0.25, 0.3) is 0 Å². The molecule has 4 rings (SSSR count). The third-order valence-electron chi connectivity index (χ3n) is 4.27. The Balaban J connectivity index is 0.000000193. The zero-order valence-corrected chi connectivity index (χ0v) is 20.5. The molecule has 4 nitrogen and oxygen atoms in total. The van der Waals surface area contributed by atoms with Crippen LogP contribution in [0, 0.1) is 0 Å². The Morgan fingerprint density at radius 2 is 1.31 bits per heavy atom. The molecule has 0 aliphatic heterocycles. The monoisotopic (exact) mass is 526 g/mol. The van der Waals surface area contributed by atoms with Crippen LogP contribution in [0.25, 0.3) is 5.76 Å². The van der Waals surface area contributed by atoms with Crippen LogP contribution in [0.1, 0.15) is 12.5 Å². The van der Waals surface area contributed by atoms with E-state index in [1.165, 1.54) is 25.5 Å². The summed E-state index contributed by atoms with van der Waals surface area (Å²) in [5, 5.41) is 23.3. The number of benzene rings is 3. The summed E-state index contributed by atoms with van der Waals surface area (Å²) in [6.45, 7) is 1.66. The van der Waals surface area contributed by atoms with Crippen molar-refractivity contribution in [3.05, 3.63) is 121 Å². The van der Waals surface area contributed by atoms with E-state index < -0.39 is 21.1 Å². The van der Waals surface area contributed by atoms with Crippen molar-refractivity contribution < 1.29 is 10.2 Å². The molecule has 0 amide bonds. The summed E-state index contributed by atoms with van der Waals surface area (Å²) in [6.07, 6.45) is 2.88. The number of hydrogen-bond donors (Lipinski definition) is 0. The van der Waals surface area contributed by atoms with Gasteiger partial charge in [-0.15, -0.1) is 0 Å². The van der Waals surface area contributed by atoms with Crippen LogP contribution in [0.4, 0.5) is 5.82 Å². The summed E-state index contributed by atoms with van der Waals surface area (Å²) in [5.74, 6) is -0.315. The summed E-state index contributed by atoms with van der Waals surface area (Å²) in [5.41, 5.74) is 1.03. The molecule has 0 spiro atoms. The number of aromatic nitrogens is 1. The fourth-order valence-electron chi connectivity index (χ4n) is 2.75. The standard InChI is InChI=1S/C15H14N2O2.2C6H5.Sn/c1-11(17-15-13(18)8-5-9-16-15)10-14(19)12-6-3-2-4-7-12;2*1-2-4-6-5-3-1;/h2-10,18-19H,1H3;2*1-5H;/q;;;+2/p-2/b14-10-,17-11-;;;. The molecule has 156 valence electrons. The molecule has 0 saturated heterocycles. The van der Waals surface area contributed by atoms with Crippen LogP contribution in [-0.2, 0) is 0 Å². The second-order valence-corrected chi connectivity index (χ2v) is 10.8.